The molecule has 2 rings (SSSR count). The smallest absolute Gasteiger partial charge is 0.0469 e. The lowest BCUT2D eigenvalue weighted by Gasteiger charge is -2.39. The third-order valence-corrected chi connectivity index (χ3v) is 3.89. The summed E-state index contributed by atoms with van der Waals surface area (Å²) in [5.41, 5.74) is 0. The Morgan fingerprint density at radius 1 is 1.00 bits per heavy atom. The van der Waals surface area contributed by atoms with E-state index in [1.54, 1.807) is 6.21 Å². The summed E-state index contributed by atoms with van der Waals surface area (Å²) in [6.07, 6.45) is 11.4. The molecule has 0 radical (unpaired) electrons. The van der Waals surface area contributed by atoms with Crippen LogP contribution in [0.5, 0.6) is 0 Å². The lowest BCUT2D eigenvalue weighted by molar-refractivity contribution is 0.139. The minimum absolute atomic E-state index is 0.573. The number of oxime groups is 1. The number of nitrogens with zero attached hydrogens (tertiary/aromatic N) is 1. The van der Waals surface area contributed by atoms with Crippen molar-refractivity contribution >= 4 is 6.21 Å². The average Bonchev–Trinajstić information content (AvgIpc) is 2.19. The second kappa shape index (κ2) is 4.12. The predicted octanol–water partition coefficient (Wildman–Crippen LogP) is 3.05. The summed E-state index contributed by atoms with van der Waals surface area (Å²) in [5.74, 6) is 2.34. The van der Waals surface area contributed by atoms with Crippen LogP contribution in [0.25, 0.3) is 0 Å². The number of rotatable bonds is 1. The van der Waals surface area contributed by atoms with Crippen LogP contribution in [0, 0.1) is 17.8 Å². The molecule has 13 heavy (non-hydrogen) atoms. The molecule has 0 aliphatic heterocycles. The summed E-state index contributed by atoms with van der Waals surface area (Å²) in [5, 5.41) is 11.8. The first-order chi connectivity index (χ1) is 6.42. The molecular formula is C11H19NO. The highest BCUT2D eigenvalue weighted by Crippen LogP contribution is 2.42. The SMILES string of the molecule is ON=CC1CCCC2CCCCC12. The van der Waals surface area contributed by atoms with Crippen LogP contribution < -0.4 is 0 Å². The minimum Gasteiger partial charge on any atom is -0.411 e. The normalized spacial score (nSPS) is 40.5. The number of hydrogen-bond acceptors (Lipinski definition) is 2. The van der Waals surface area contributed by atoms with E-state index >= 15 is 0 Å². The topological polar surface area (TPSA) is 32.6 Å². The molecule has 2 heteroatoms. The molecule has 2 saturated carbocycles. The van der Waals surface area contributed by atoms with Gasteiger partial charge < -0.3 is 5.21 Å². The van der Waals surface area contributed by atoms with Gasteiger partial charge in [0.25, 0.3) is 0 Å². The molecule has 0 aromatic carbocycles. The molecule has 2 aliphatic carbocycles. The van der Waals surface area contributed by atoms with Crippen molar-refractivity contribution in [1.29, 1.82) is 0 Å². The fourth-order valence-electron chi connectivity index (χ4n) is 3.26. The molecule has 0 aromatic rings. The maximum atomic E-state index is 8.58. The van der Waals surface area contributed by atoms with Gasteiger partial charge in [0.15, 0.2) is 0 Å². The molecule has 2 aliphatic rings. The third-order valence-electron chi connectivity index (χ3n) is 3.89. The van der Waals surface area contributed by atoms with Crippen molar-refractivity contribution in [3.8, 4) is 0 Å². The Morgan fingerprint density at radius 3 is 2.62 bits per heavy atom. The van der Waals surface area contributed by atoms with Crippen molar-refractivity contribution in [3.63, 3.8) is 0 Å². The molecule has 0 heterocycles. The van der Waals surface area contributed by atoms with E-state index in [0.29, 0.717) is 5.92 Å². The Hall–Kier alpha value is -0.530. The van der Waals surface area contributed by atoms with Crippen LogP contribution in [0.3, 0.4) is 0 Å². The zero-order chi connectivity index (χ0) is 9.10. The van der Waals surface area contributed by atoms with Crippen LogP contribution >= 0.6 is 0 Å². The maximum Gasteiger partial charge on any atom is 0.0469 e. The zero-order valence-corrected chi connectivity index (χ0v) is 8.15. The molecule has 0 amide bonds. The van der Waals surface area contributed by atoms with Crippen molar-refractivity contribution < 1.29 is 5.21 Å². The third kappa shape index (κ3) is 1.87. The van der Waals surface area contributed by atoms with Gasteiger partial charge in [0, 0.05) is 12.1 Å². The van der Waals surface area contributed by atoms with Gasteiger partial charge in [-0.05, 0) is 24.7 Å². The fraction of sp³-hybridized carbons (Fsp3) is 0.909. The molecule has 0 spiro atoms. The van der Waals surface area contributed by atoms with E-state index in [-0.39, 0.29) is 0 Å². The first-order valence-corrected chi connectivity index (χ1v) is 5.59. The molecule has 2 nitrogen and oxygen atoms in total. The highest BCUT2D eigenvalue weighted by atomic mass is 16.4. The quantitative estimate of drug-likeness (QED) is 0.376. The number of hydrogen-bond donors (Lipinski definition) is 1. The Morgan fingerprint density at radius 2 is 1.77 bits per heavy atom. The Bertz CT molecular complexity index is 189. The van der Waals surface area contributed by atoms with Crippen LogP contribution in [0.15, 0.2) is 5.16 Å². The molecule has 0 bridgehead atoms. The van der Waals surface area contributed by atoms with Gasteiger partial charge in [0.2, 0.25) is 0 Å². The second-order valence-corrected chi connectivity index (χ2v) is 4.57. The van der Waals surface area contributed by atoms with E-state index in [0.717, 1.165) is 11.8 Å². The molecule has 2 fully saturated rings. The van der Waals surface area contributed by atoms with Gasteiger partial charge in [0.1, 0.15) is 0 Å². The van der Waals surface area contributed by atoms with Crippen LogP contribution in [-0.2, 0) is 0 Å². The van der Waals surface area contributed by atoms with E-state index in [9.17, 15) is 0 Å². The van der Waals surface area contributed by atoms with Crippen molar-refractivity contribution in [2.45, 2.75) is 44.9 Å². The van der Waals surface area contributed by atoms with E-state index < -0.39 is 0 Å². The fourth-order valence-corrected chi connectivity index (χ4v) is 3.26. The lowest BCUT2D eigenvalue weighted by atomic mass is 9.66. The van der Waals surface area contributed by atoms with Crippen molar-refractivity contribution in [2.75, 3.05) is 0 Å². The first-order valence-electron chi connectivity index (χ1n) is 5.59. The van der Waals surface area contributed by atoms with Gasteiger partial charge in [-0.3, -0.25) is 0 Å². The van der Waals surface area contributed by atoms with Gasteiger partial charge in [0.05, 0.1) is 0 Å². The maximum absolute atomic E-state index is 8.58. The van der Waals surface area contributed by atoms with Crippen LogP contribution in [0.1, 0.15) is 44.9 Å². The van der Waals surface area contributed by atoms with E-state index in [1.165, 1.54) is 44.9 Å². The van der Waals surface area contributed by atoms with E-state index in [4.69, 9.17) is 5.21 Å². The summed E-state index contributed by atoms with van der Waals surface area (Å²) in [4.78, 5) is 0. The summed E-state index contributed by atoms with van der Waals surface area (Å²) >= 11 is 0. The molecule has 3 atom stereocenters. The molecule has 0 saturated heterocycles. The second-order valence-electron chi connectivity index (χ2n) is 4.57. The van der Waals surface area contributed by atoms with Crippen LogP contribution in [0.4, 0.5) is 0 Å². The molecule has 0 aromatic heterocycles. The summed E-state index contributed by atoms with van der Waals surface area (Å²) in [6.45, 7) is 0. The van der Waals surface area contributed by atoms with Gasteiger partial charge in [-0.2, -0.15) is 0 Å². The molecular weight excluding hydrogens is 162 g/mol. The minimum atomic E-state index is 0.573. The van der Waals surface area contributed by atoms with E-state index in [1.807, 2.05) is 0 Å². The van der Waals surface area contributed by atoms with Crippen molar-refractivity contribution in [3.05, 3.63) is 0 Å². The van der Waals surface area contributed by atoms with Gasteiger partial charge in [-0.15, -0.1) is 5.16 Å². The van der Waals surface area contributed by atoms with Gasteiger partial charge in [-0.25, -0.2) is 0 Å². The Labute approximate surface area is 80.0 Å². The first kappa shape index (κ1) is 9.04. The lowest BCUT2D eigenvalue weighted by Crippen LogP contribution is -2.31. The monoisotopic (exact) mass is 181 g/mol. The van der Waals surface area contributed by atoms with Crippen LogP contribution in [-0.4, -0.2) is 11.4 Å². The summed E-state index contributed by atoms with van der Waals surface area (Å²) < 4.78 is 0. The van der Waals surface area contributed by atoms with Gasteiger partial charge in [-0.1, -0.05) is 32.1 Å². The molecule has 1 N–H and O–H groups in total. The summed E-state index contributed by atoms with van der Waals surface area (Å²) in [6, 6.07) is 0. The van der Waals surface area contributed by atoms with Crippen molar-refractivity contribution in [2.24, 2.45) is 22.9 Å². The number of fused-ring (bicyclic) bond motifs is 1. The molecule has 3 unspecified atom stereocenters. The highest BCUT2D eigenvalue weighted by molar-refractivity contribution is 5.60. The molecule has 74 valence electrons. The van der Waals surface area contributed by atoms with Gasteiger partial charge >= 0.3 is 0 Å². The highest BCUT2D eigenvalue weighted by Gasteiger charge is 2.33. The van der Waals surface area contributed by atoms with Crippen LogP contribution in [0.2, 0.25) is 0 Å². The Balaban J connectivity index is 2.02. The van der Waals surface area contributed by atoms with E-state index in [2.05, 4.69) is 5.16 Å². The predicted molar refractivity (Wildman–Crippen MR) is 53.1 cm³/mol. The Kier molecular flexibility index (Phi) is 2.87. The standard InChI is InChI=1S/C11H19NO/c13-12-8-10-6-3-5-9-4-1-2-7-11(9)10/h8-11,13H,1-7H2. The van der Waals surface area contributed by atoms with Crippen molar-refractivity contribution in [1.82, 2.24) is 0 Å². The largest absolute Gasteiger partial charge is 0.411 e. The average molecular weight is 181 g/mol. The summed E-state index contributed by atoms with van der Waals surface area (Å²) in [7, 11) is 0. The zero-order valence-electron chi connectivity index (χ0n) is 8.15.